The Labute approximate surface area is 126 Å². The van der Waals surface area contributed by atoms with Gasteiger partial charge < -0.3 is 0 Å². The molecule has 2 aromatic rings. The molecular formula is C21H20. The van der Waals surface area contributed by atoms with E-state index in [1.165, 1.54) is 33.4 Å². The van der Waals surface area contributed by atoms with Crippen LogP contribution in [0.2, 0.25) is 0 Å². The van der Waals surface area contributed by atoms with Gasteiger partial charge in [-0.1, -0.05) is 65.3 Å². The number of hydrogen-bond acceptors (Lipinski definition) is 0. The maximum Gasteiger partial charge on any atom is -0.00544 e. The molecule has 0 aromatic heterocycles. The van der Waals surface area contributed by atoms with Crippen LogP contribution in [0.1, 0.15) is 40.3 Å². The van der Waals surface area contributed by atoms with Crippen molar-refractivity contribution < 1.29 is 0 Å². The van der Waals surface area contributed by atoms with Gasteiger partial charge in [0.05, 0.1) is 0 Å². The molecule has 0 unspecified atom stereocenters. The zero-order chi connectivity index (χ0) is 14.4. The summed E-state index contributed by atoms with van der Waals surface area (Å²) in [7, 11) is 0. The second kappa shape index (κ2) is 4.73. The van der Waals surface area contributed by atoms with Crippen molar-refractivity contribution in [2.24, 2.45) is 0 Å². The summed E-state index contributed by atoms with van der Waals surface area (Å²) in [6, 6.07) is 13.6. The van der Waals surface area contributed by atoms with Gasteiger partial charge in [0.2, 0.25) is 0 Å². The first-order valence-electron chi connectivity index (χ1n) is 7.76. The van der Waals surface area contributed by atoms with E-state index in [0.29, 0.717) is 0 Å². The van der Waals surface area contributed by atoms with E-state index in [9.17, 15) is 0 Å². The highest BCUT2D eigenvalue weighted by Gasteiger charge is 2.17. The molecule has 0 saturated heterocycles. The average molecular weight is 272 g/mol. The third kappa shape index (κ3) is 2.25. The molecular weight excluding hydrogens is 252 g/mol. The minimum absolute atomic E-state index is 1.10. The van der Waals surface area contributed by atoms with E-state index >= 15 is 0 Å². The van der Waals surface area contributed by atoms with Crippen LogP contribution in [0.5, 0.6) is 0 Å². The first kappa shape index (κ1) is 12.6. The lowest BCUT2D eigenvalue weighted by Crippen LogP contribution is -1.97. The molecule has 0 radical (unpaired) electrons. The molecule has 104 valence electrons. The first-order chi connectivity index (χ1) is 10.2. The lowest BCUT2D eigenvalue weighted by Gasteiger charge is -2.09. The molecule has 0 bridgehead atoms. The van der Waals surface area contributed by atoms with Gasteiger partial charge in [0, 0.05) is 0 Å². The lowest BCUT2D eigenvalue weighted by molar-refractivity contribution is 1.03. The summed E-state index contributed by atoms with van der Waals surface area (Å²) >= 11 is 0. The zero-order valence-corrected chi connectivity index (χ0v) is 12.7. The molecule has 0 fully saturated rings. The van der Waals surface area contributed by atoms with Crippen LogP contribution in [0.4, 0.5) is 0 Å². The van der Waals surface area contributed by atoms with E-state index in [2.05, 4.69) is 62.4 Å². The Hall–Kier alpha value is -2.08. The Morgan fingerprint density at radius 2 is 1.81 bits per heavy atom. The lowest BCUT2D eigenvalue weighted by atomic mass is 9.95. The van der Waals surface area contributed by atoms with Gasteiger partial charge in [0.25, 0.3) is 0 Å². The van der Waals surface area contributed by atoms with E-state index < -0.39 is 0 Å². The molecule has 2 aliphatic rings. The smallest absolute Gasteiger partial charge is 0.00544 e. The first-order valence-corrected chi connectivity index (χ1v) is 7.76. The molecule has 0 spiro atoms. The van der Waals surface area contributed by atoms with Crippen LogP contribution in [0.3, 0.4) is 0 Å². The third-order valence-corrected chi connectivity index (χ3v) is 4.66. The highest BCUT2D eigenvalue weighted by molar-refractivity contribution is 5.68. The van der Waals surface area contributed by atoms with Gasteiger partial charge in [0.1, 0.15) is 0 Å². The van der Waals surface area contributed by atoms with Crippen LogP contribution < -0.4 is 0 Å². The van der Waals surface area contributed by atoms with Crippen molar-refractivity contribution >= 4 is 12.2 Å². The van der Waals surface area contributed by atoms with E-state index in [4.69, 9.17) is 0 Å². The van der Waals surface area contributed by atoms with Crippen LogP contribution >= 0.6 is 0 Å². The van der Waals surface area contributed by atoms with Crippen molar-refractivity contribution in [1.29, 1.82) is 0 Å². The number of hydrogen-bond donors (Lipinski definition) is 0. The van der Waals surface area contributed by atoms with Gasteiger partial charge in [-0.3, -0.25) is 0 Å². The second-order valence-corrected chi connectivity index (χ2v) is 6.51. The summed E-state index contributed by atoms with van der Waals surface area (Å²) in [4.78, 5) is 0. The monoisotopic (exact) mass is 272 g/mol. The van der Waals surface area contributed by atoms with Gasteiger partial charge in [-0.25, -0.2) is 0 Å². The molecule has 4 rings (SSSR count). The standard InChI is InChI=1S/C21H20/c1-14-6-7-17-11-16(13-20(17)8-14)12-19-5-3-4-18-9-15(2)10-21(18)19/h3-9,11H,10,12-13H2,1-2H3. The largest absolute Gasteiger partial charge is 0.0683 e. The minimum Gasteiger partial charge on any atom is -0.0683 e. The van der Waals surface area contributed by atoms with Crippen molar-refractivity contribution in [3.8, 4) is 0 Å². The molecule has 0 amide bonds. The van der Waals surface area contributed by atoms with Crippen LogP contribution in [0.25, 0.3) is 12.2 Å². The molecule has 0 N–H and O–H groups in total. The summed E-state index contributed by atoms with van der Waals surface area (Å²) in [6.07, 6.45) is 8.07. The zero-order valence-electron chi connectivity index (χ0n) is 12.7. The molecule has 0 heteroatoms. The van der Waals surface area contributed by atoms with Crippen LogP contribution in [0.15, 0.2) is 47.5 Å². The number of fused-ring (bicyclic) bond motifs is 2. The predicted octanol–water partition coefficient (Wildman–Crippen LogP) is 5.14. The maximum absolute atomic E-state index is 2.39. The average Bonchev–Trinajstić information content (AvgIpc) is 3.01. The van der Waals surface area contributed by atoms with Gasteiger partial charge >= 0.3 is 0 Å². The Morgan fingerprint density at radius 3 is 2.71 bits per heavy atom. The van der Waals surface area contributed by atoms with E-state index in [1.807, 2.05) is 0 Å². The van der Waals surface area contributed by atoms with Gasteiger partial charge in [0.15, 0.2) is 0 Å². The molecule has 0 aliphatic heterocycles. The highest BCUT2D eigenvalue weighted by Crippen LogP contribution is 2.32. The molecule has 2 aliphatic carbocycles. The van der Waals surface area contributed by atoms with Crippen molar-refractivity contribution in [2.75, 3.05) is 0 Å². The Balaban J connectivity index is 1.62. The fraction of sp³-hybridized carbons (Fsp3) is 0.238. The van der Waals surface area contributed by atoms with Gasteiger partial charge in [-0.15, -0.1) is 0 Å². The summed E-state index contributed by atoms with van der Waals surface area (Å²) < 4.78 is 0. The summed E-state index contributed by atoms with van der Waals surface area (Å²) in [5.74, 6) is 0. The van der Waals surface area contributed by atoms with Crippen LogP contribution in [-0.2, 0) is 19.3 Å². The van der Waals surface area contributed by atoms with Crippen molar-refractivity contribution in [1.82, 2.24) is 0 Å². The second-order valence-electron chi connectivity index (χ2n) is 6.51. The maximum atomic E-state index is 2.39. The van der Waals surface area contributed by atoms with Gasteiger partial charge in [-0.05, 0) is 60.9 Å². The number of allylic oxidation sites excluding steroid dienone is 2. The molecule has 2 aromatic carbocycles. The Kier molecular flexibility index (Phi) is 2.85. The quantitative estimate of drug-likeness (QED) is 0.710. The Morgan fingerprint density at radius 1 is 0.905 bits per heavy atom. The van der Waals surface area contributed by atoms with Crippen molar-refractivity contribution in [3.63, 3.8) is 0 Å². The molecule has 0 atom stereocenters. The SMILES string of the molecule is CC1=Cc2cccc(CC3=Cc4ccc(C)cc4C3)c2C1. The molecule has 21 heavy (non-hydrogen) atoms. The summed E-state index contributed by atoms with van der Waals surface area (Å²) in [5.41, 5.74) is 11.8. The number of rotatable bonds is 2. The highest BCUT2D eigenvalue weighted by atomic mass is 14.2. The van der Waals surface area contributed by atoms with E-state index in [1.54, 1.807) is 11.1 Å². The summed E-state index contributed by atoms with van der Waals surface area (Å²) in [6.45, 7) is 4.41. The minimum atomic E-state index is 1.10. The van der Waals surface area contributed by atoms with Crippen molar-refractivity contribution in [3.05, 3.63) is 80.9 Å². The number of benzene rings is 2. The molecule has 0 saturated carbocycles. The number of aryl methyl sites for hydroxylation is 1. The van der Waals surface area contributed by atoms with Gasteiger partial charge in [-0.2, -0.15) is 0 Å². The topological polar surface area (TPSA) is 0 Å². The fourth-order valence-electron chi connectivity index (χ4n) is 3.67. The fourth-order valence-corrected chi connectivity index (χ4v) is 3.67. The van der Waals surface area contributed by atoms with Crippen molar-refractivity contribution in [2.45, 2.75) is 33.1 Å². The predicted molar refractivity (Wildman–Crippen MR) is 90.4 cm³/mol. The molecule has 0 heterocycles. The summed E-state index contributed by atoms with van der Waals surface area (Å²) in [5, 5.41) is 0. The van der Waals surface area contributed by atoms with E-state index in [-0.39, 0.29) is 0 Å². The Bertz CT molecular complexity index is 788. The normalized spacial score (nSPS) is 15.5. The molecule has 0 nitrogen and oxygen atoms in total. The van der Waals surface area contributed by atoms with E-state index in [0.717, 1.165) is 19.3 Å². The van der Waals surface area contributed by atoms with Crippen LogP contribution in [-0.4, -0.2) is 0 Å². The third-order valence-electron chi connectivity index (χ3n) is 4.66. The van der Waals surface area contributed by atoms with Crippen LogP contribution in [0, 0.1) is 6.92 Å².